The molecule has 4 heteroatoms. The number of hydrogen-bond acceptors (Lipinski definition) is 2. The lowest BCUT2D eigenvalue weighted by molar-refractivity contribution is -1.26. The molecule has 3 nitrogen and oxygen atoms in total. The van der Waals surface area contributed by atoms with Gasteiger partial charge in [0.25, 0.3) is 0 Å². The molecular weight excluding hydrogens is 334 g/mol. The highest BCUT2D eigenvalue weighted by atomic mass is 35.5. The molecular formula is C21H38ClNO2. The van der Waals surface area contributed by atoms with Crippen LogP contribution in [0.5, 0.6) is 0 Å². The van der Waals surface area contributed by atoms with Gasteiger partial charge >= 0.3 is 0 Å². The van der Waals surface area contributed by atoms with Crippen molar-refractivity contribution in [2.24, 2.45) is 0 Å². The van der Waals surface area contributed by atoms with Crippen LogP contribution >= 0.6 is 0 Å². The maximum Gasteiger partial charge on any atom is 0.177 e. The van der Waals surface area contributed by atoms with Gasteiger partial charge in [0.15, 0.2) is 6.04 Å². The molecule has 0 aliphatic rings. The molecule has 0 aliphatic heterocycles. The fourth-order valence-corrected chi connectivity index (χ4v) is 3.33. The van der Waals surface area contributed by atoms with Gasteiger partial charge in [0.1, 0.15) is 6.54 Å². The summed E-state index contributed by atoms with van der Waals surface area (Å²) in [6, 6.07) is 9.65. The summed E-state index contributed by atoms with van der Waals surface area (Å²) < 4.78 is 0. The molecule has 0 amide bonds. The third-order valence-electron chi connectivity index (χ3n) is 4.98. The van der Waals surface area contributed by atoms with Gasteiger partial charge in [0.05, 0.1) is 0 Å². The molecule has 0 fully saturated rings. The first kappa shape index (κ1) is 24.4. The Morgan fingerprint density at radius 3 is 1.72 bits per heavy atom. The van der Waals surface area contributed by atoms with E-state index < -0.39 is 4.81 Å². The standard InChI is InChI=1S/C21H38NO2.ClH/c1-3-5-6-7-8-9-10-11-12-16-19-21(22(23,24)4-2)20-17-14-13-15-18-20;/h13-15,17-18,21,23-24H,3-12,16,19H2,1-2H3;1H/q+1;/p-1. The molecule has 0 saturated heterocycles. The van der Waals surface area contributed by atoms with Crippen molar-refractivity contribution in [2.45, 2.75) is 90.5 Å². The first-order chi connectivity index (χ1) is 11.6. The molecule has 25 heavy (non-hydrogen) atoms. The number of unbranched alkanes of at least 4 members (excludes halogenated alkanes) is 9. The van der Waals surface area contributed by atoms with Crippen molar-refractivity contribution in [3.05, 3.63) is 35.9 Å². The van der Waals surface area contributed by atoms with Crippen LogP contribution in [-0.4, -0.2) is 21.8 Å². The minimum atomic E-state index is -0.901. The number of rotatable bonds is 14. The van der Waals surface area contributed by atoms with Gasteiger partial charge in [-0.1, -0.05) is 95.0 Å². The molecule has 1 aromatic carbocycles. The van der Waals surface area contributed by atoms with Crippen molar-refractivity contribution >= 4 is 0 Å². The molecule has 0 spiro atoms. The summed E-state index contributed by atoms with van der Waals surface area (Å²) in [5.41, 5.74) is 1.01. The lowest BCUT2D eigenvalue weighted by Crippen LogP contribution is -3.00. The highest BCUT2D eigenvalue weighted by Gasteiger charge is 2.34. The van der Waals surface area contributed by atoms with Gasteiger partial charge in [0.2, 0.25) is 0 Å². The average molecular weight is 372 g/mol. The fourth-order valence-electron chi connectivity index (χ4n) is 3.33. The summed E-state index contributed by atoms with van der Waals surface area (Å²) in [4.78, 5) is -0.901. The van der Waals surface area contributed by atoms with Crippen molar-refractivity contribution in [3.63, 3.8) is 0 Å². The molecule has 0 bridgehead atoms. The van der Waals surface area contributed by atoms with Crippen molar-refractivity contribution in [3.8, 4) is 0 Å². The molecule has 2 N–H and O–H groups in total. The van der Waals surface area contributed by atoms with Crippen LogP contribution in [-0.2, 0) is 0 Å². The highest BCUT2D eigenvalue weighted by molar-refractivity contribution is 5.17. The zero-order valence-electron chi connectivity index (χ0n) is 16.2. The first-order valence-corrected chi connectivity index (χ1v) is 10.00. The van der Waals surface area contributed by atoms with E-state index in [1.807, 2.05) is 37.3 Å². The van der Waals surface area contributed by atoms with Crippen LogP contribution in [0.4, 0.5) is 0 Å². The van der Waals surface area contributed by atoms with Gasteiger partial charge in [-0.2, -0.15) is 10.4 Å². The SMILES string of the molecule is CCCCCCCCCCCCC(c1ccccc1)[N+](O)(O)CC.[Cl-]. The summed E-state index contributed by atoms with van der Waals surface area (Å²) in [5.74, 6) is 0. The Hall–Kier alpha value is -0.610. The zero-order valence-corrected chi connectivity index (χ0v) is 16.9. The van der Waals surface area contributed by atoms with E-state index in [0.717, 1.165) is 18.4 Å². The Morgan fingerprint density at radius 1 is 0.760 bits per heavy atom. The number of hydrogen-bond donors (Lipinski definition) is 2. The second-order valence-electron chi connectivity index (χ2n) is 7.00. The van der Waals surface area contributed by atoms with Gasteiger partial charge in [-0.15, -0.1) is 0 Å². The Morgan fingerprint density at radius 2 is 1.24 bits per heavy atom. The predicted octanol–water partition coefficient (Wildman–Crippen LogP) is 3.66. The molecule has 0 aromatic heterocycles. The third kappa shape index (κ3) is 10.2. The number of hydroxylamine groups is 4. The van der Waals surface area contributed by atoms with Crippen LogP contribution in [0.3, 0.4) is 0 Å². The summed E-state index contributed by atoms with van der Waals surface area (Å²) >= 11 is 0. The van der Waals surface area contributed by atoms with E-state index in [0.29, 0.717) is 6.54 Å². The second kappa shape index (κ2) is 14.5. The topological polar surface area (TPSA) is 40.5 Å². The molecule has 0 aliphatic carbocycles. The molecule has 146 valence electrons. The third-order valence-corrected chi connectivity index (χ3v) is 4.98. The summed E-state index contributed by atoms with van der Waals surface area (Å²) in [6.45, 7) is 4.37. The molecule has 1 atom stereocenters. The van der Waals surface area contributed by atoms with E-state index in [1.165, 1.54) is 57.8 Å². The van der Waals surface area contributed by atoms with E-state index in [1.54, 1.807) is 0 Å². The summed E-state index contributed by atoms with van der Waals surface area (Å²) in [6.07, 6.45) is 13.8. The van der Waals surface area contributed by atoms with Crippen molar-refractivity contribution < 1.29 is 27.6 Å². The number of halogens is 1. The van der Waals surface area contributed by atoms with Gasteiger partial charge in [-0.3, -0.25) is 0 Å². The summed E-state index contributed by atoms with van der Waals surface area (Å²) in [7, 11) is 0. The number of quaternary nitrogens is 1. The Balaban J connectivity index is 0.00000576. The Bertz CT molecular complexity index is 412. The van der Waals surface area contributed by atoms with Gasteiger partial charge in [0, 0.05) is 12.0 Å². The maximum atomic E-state index is 10.3. The predicted molar refractivity (Wildman–Crippen MR) is 100 cm³/mol. The van der Waals surface area contributed by atoms with E-state index in [9.17, 15) is 10.4 Å². The van der Waals surface area contributed by atoms with Gasteiger partial charge in [-0.25, -0.2) is 0 Å². The smallest absolute Gasteiger partial charge is 0.177 e. The first-order valence-electron chi connectivity index (χ1n) is 10.00. The molecule has 1 unspecified atom stereocenters. The van der Waals surface area contributed by atoms with Crippen LogP contribution in [0.25, 0.3) is 0 Å². The van der Waals surface area contributed by atoms with Crippen LogP contribution in [0.15, 0.2) is 30.3 Å². The molecule has 0 radical (unpaired) electrons. The lowest BCUT2D eigenvalue weighted by atomic mass is 9.98. The zero-order chi connectivity index (χ0) is 17.7. The molecule has 1 aromatic rings. The van der Waals surface area contributed by atoms with E-state index in [-0.39, 0.29) is 18.4 Å². The minimum absolute atomic E-state index is 0. The molecule has 0 heterocycles. The Labute approximate surface area is 161 Å². The quantitative estimate of drug-likeness (QED) is 0.297. The van der Waals surface area contributed by atoms with Crippen LogP contribution in [0.1, 0.15) is 96.1 Å². The van der Waals surface area contributed by atoms with Crippen molar-refractivity contribution in [1.82, 2.24) is 0 Å². The number of benzene rings is 1. The second-order valence-corrected chi connectivity index (χ2v) is 7.00. The monoisotopic (exact) mass is 371 g/mol. The lowest BCUT2D eigenvalue weighted by Gasteiger charge is -2.29. The van der Waals surface area contributed by atoms with Crippen LogP contribution in [0.2, 0.25) is 0 Å². The summed E-state index contributed by atoms with van der Waals surface area (Å²) in [5, 5.41) is 20.5. The number of nitrogens with zero attached hydrogens (tertiary/aromatic N) is 1. The largest absolute Gasteiger partial charge is 1.00 e. The Kier molecular flexibility index (Phi) is 14.2. The van der Waals surface area contributed by atoms with Crippen LogP contribution in [0, 0.1) is 0 Å². The van der Waals surface area contributed by atoms with Gasteiger partial charge in [-0.05, 0) is 18.2 Å². The average Bonchev–Trinajstić information content (AvgIpc) is 2.60. The van der Waals surface area contributed by atoms with Crippen LogP contribution < -0.4 is 12.4 Å². The van der Waals surface area contributed by atoms with Crippen molar-refractivity contribution in [1.29, 1.82) is 0 Å². The molecule has 1 rings (SSSR count). The van der Waals surface area contributed by atoms with Crippen molar-refractivity contribution in [2.75, 3.05) is 6.54 Å². The maximum absolute atomic E-state index is 10.3. The van der Waals surface area contributed by atoms with Gasteiger partial charge < -0.3 is 12.4 Å². The minimum Gasteiger partial charge on any atom is -1.00 e. The van der Waals surface area contributed by atoms with E-state index >= 15 is 0 Å². The molecule has 0 saturated carbocycles. The van der Waals surface area contributed by atoms with E-state index in [2.05, 4.69) is 6.92 Å². The normalized spacial score (nSPS) is 12.6. The highest BCUT2D eigenvalue weighted by Crippen LogP contribution is 2.30. The fraction of sp³-hybridized carbons (Fsp3) is 0.714. The van der Waals surface area contributed by atoms with E-state index in [4.69, 9.17) is 0 Å².